The Morgan fingerprint density at radius 2 is 1.89 bits per heavy atom. The largest absolute Gasteiger partial charge is 0.445 e. The summed E-state index contributed by atoms with van der Waals surface area (Å²) >= 11 is 0. The molecule has 2 heterocycles. The van der Waals surface area contributed by atoms with Crippen molar-refractivity contribution in [1.29, 1.82) is 0 Å². The van der Waals surface area contributed by atoms with E-state index >= 15 is 0 Å². The highest BCUT2D eigenvalue weighted by atomic mass is 16.5. The average Bonchev–Trinajstić information content (AvgIpc) is 2.88. The van der Waals surface area contributed by atoms with Crippen LogP contribution in [0.25, 0.3) is 0 Å². The number of rotatable bonds is 6. The summed E-state index contributed by atoms with van der Waals surface area (Å²) in [4.78, 5) is 54.9. The summed E-state index contributed by atoms with van der Waals surface area (Å²) in [5.74, 6) is -2.27. The Morgan fingerprint density at radius 1 is 1.11 bits per heavy atom. The molecule has 2 aromatic rings. The van der Waals surface area contributed by atoms with Crippen LogP contribution in [0.3, 0.4) is 0 Å². The summed E-state index contributed by atoms with van der Waals surface area (Å²) in [6.07, 6.45) is 4.90. The average molecular weight is 481 g/mol. The van der Waals surface area contributed by atoms with Crippen molar-refractivity contribution < 1.29 is 23.9 Å². The van der Waals surface area contributed by atoms with Crippen LogP contribution >= 0.6 is 0 Å². The van der Waals surface area contributed by atoms with Crippen molar-refractivity contribution in [1.82, 2.24) is 20.9 Å². The molecule has 9 heteroatoms. The standard InChI is InChI=1S/C26H32N4O5/c1-17(2)22(30-26(34)35-16-18-7-4-3-5-8-18)24(32)29-21-11-10-20-15-27-14-12-19(20)9-6-13-28-25(33)23(21)31/h3-5,7-8,12,14-15,17,21-22H,6,9-11,13,16H2,1-2H3,(H,28,33)(H,29,32)(H,30,34). The molecule has 9 nitrogen and oxygen atoms in total. The van der Waals surface area contributed by atoms with Crippen molar-refractivity contribution in [3.63, 3.8) is 0 Å². The molecular formula is C26H32N4O5. The molecule has 1 aliphatic rings. The van der Waals surface area contributed by atoms with Crippen LogP contribution in [0.2, 0.25) is 0 Å². The zero-order valence-electron chi connectivity index (χ0n) is 20.1. The van der Waals surface area contributed by atoms with Gasteiger partial charge in [-0.1, -0.05) is 44.2 Å². The summed E-state index contributed by atoms with van der Waals surface area (Å²) in [6, 6.07) is 9.15. The molecule has 0 bridgehead atoms. The zero-order valence-corrected chi connectivity index (χ0v) is 20.1. The van der Waals surface area contributed by atoms with E-state index in [1.54, 1.807) is 26.2 Å². The maximum atomic E-state index is 13.1. The number of Topliss-reactive ketones (excluding diaryl/α,β-unsaturated/α-hetero) is 1. The lowest BCUT2D eigenvalue weighted by Gasteiger charge is -2.24. The summed E-state index contributed by atoms with van der Waals surface area (Å²) < 4.78 is 5.24. The second-order valence-corrected chi connectivity index (χ2v) is 8.90. The molecular weight excluding hydrogens is 448 g/mol. The van der Waals surface area contributed by atoms with Gasteiger partial charge in [-0.3, -0.25) is 19.4 Å². The van der Waals surface area contributed by atoms with E-state index in [2.05, 4.69) is 20.9 Å². The van der Waals surface area contributed by atoms with E-state index in [0.29, 0.717) is 19.4 Å². The smallest absolute Gasteiger partial charge is 0.408 e. The van der Waals surface area contributed by atoms with Crippen molar-refractivity contribution in [2.24, 2.45) is 5.92 Å². The Morgan fingerprint density at radius 3 is 2.63 bits per heavy atom. The van der Waals surface area contributed by atoms with E-state index in [1.165, 1.54) is 0 Å². The predicted molar refractivity (Wildman–Crippen MR) is 129 cm³/mol. The van der Waals surface area contributed by atoms with Crippen LogP contribution in [0.5, 0.6) is 0 Å². The first-order valence-corrected chi connectivity index (χ1v) is 11.9. The number of benzene rings is 1. The molecule has 1 aliphatic heterocycles. The quantitative estimate of drug-likeness (QED) is 0.544. The molecule has 2 atom stereocenters. The molecule has 3 N–H and O–H groups in total. The second kappa shape index (κ2) is 12.6. The molecule has 0 aliphatic carbocycles. The molecule has 1 aromatic carbocycles. The molecule has 3 amide bonds. The maximum absolute atomic E-state index is 13.1. The number of nitrogens with one attached hydrogen (secondary N) is 3. The number of hydrogen-bond donors (Lipinski definition) is 3. The van der Waals surface area contributed by atoms with E-state index in [0.717, 1.165) is 23.1 Å². The number of ketones is 1. The molecule has 0 radical (unpaired) electrons. The van der Waals surface area contributed by atoms with Gasteiger partial charge in [-0.05, 0) is 54.4 Å². The van der Waals surface area contributed by atoms with Gasteiger partial charge >= 0.3 is 6.09 Å². The predicted octanol–water partition coefficient (Wildman–Crippen LogP) is 2.08. The van der Waals surface area contributed by atoms with Crippen molar-refractivity contribution in [3.8, 4) is 0 Å². The van der Waals surface area contributed by atoms with E-state index in [9.17, 15) is 19.2 Å². The van der Waals surface area contributed by atoms with Crippen LogP contribution in [-0.4, -0.2) is 47.3 Å². The van der Waals surface area contributed by atoms with Crippen molar-refractivity contribution in [2.75, 3.05) is 6.54 Å². The number of carbonyl (C=O) groups is 4. The Labute approximate surface area is 205 Å². The summed E-state index contributed by atoms with van der Waals surface area (Å²) in [7, 11) is 0. The van der Waals surface area contributed by atoms with Gasteiger partial charge in [0.2, 0.25) is 11.7 Å². The summed E-state index contributed by atoms with van der Waals surface area (Å²) in [5, 5.41) is 7.91. The van der Waals surface area contributed by atoms with Gasteiger partial charge in [0.1, 0.15) is 12.6 Å². The van der Waals surface area contributed by atoms with Gasteiger partial charge in [-0.15, -0.1) is 0 Å². The SMILES string of the molecule is CC(C)C(NC(=O)OCc1ccccc1)C(=O)NC1CCc2cnccc2CCCNC(=O)C1=O. The Hall–Kier alpha value is -3.75. The van der Waals surface area contributed by atoms with Gasteiger partial charge in [0.05, 0.1) is 6.04 Å². The van der Waals surface area contributed by atoms with Crippen molar-refractivity contribution >= 4 is 23.7 Å². The van der Waals surface area contributed by atoms with Gasteiger partial charge in [-0.2, -0.15) is 0 Å². The molecule has 0 spiro atoms. The minimum absolute atomic E-state index is 0.0633. The Bertz CT molecular complexity index is 1040. The number of amides is 3. The minimum atomic E-state index is -1.03. The normalized spacial score (nSPS) is 17.4. The van der Waals surface area contributed by atoms with Crippen LogP contribution in [0.15, 0.2) is 48.8 Å². The van der Waals surface area contributed by atoms with Crippen LogP contribution in [0, 0.1) is 5.92 Å². The fraction of sp³-hybridized carbons (Fsp3) is 0.423. The van der Waals surface area contributed by atoms with Crippen LogP contribution in [0.1, 0.15) is 43.4 Å². The van der Waals surface area contributed by atoms with Crippen LogP contribution in [0.4, 0.5) is 4.79 Å². The molecule has 1 aromatic heterocycles. The second-order valence-electron chi connectivity index (χ2n) is 8.90. The number of ether oxygens (including phenoxy) is 1. The number of pyridine rings is 1. The highest BCUT2D eigenvalue weighted by molar-refractivity contribution is 6.38. The summed E-state index contributed by atoms with van der Waals surface area (Å²) in [6.45, 7) is 3.97. The maximum Gasteiger partial charge on any atom is 0.408 e. The van der Waals surface area contributed by atoms with Crippen molar-refractivity contribution in [2.45, 2.75) is 58.2 Å². The number of alkyl carbamates (subject to hydrolysis) is 1. The van der Waals surface area contributed by atoms with E-state index in [1.807, 2.05) is 36.4 Å². The molecule has 0 saturated heterocycles. The van der Waals surface area contributed by atoms with E-state index in [-0.39, 0.29) is 18.9 Å². The molecule has 2 unspecified atom stereocenters. The first kappa shape index (κ1) is 25.9. The highest BCUT2D eigenvalue weighted by Crippen LogP contribution is 2.15. The lowest BCUT2D eigenvalue weighted by atomic mass is 9.97. The van der Waals surface area contributed by atoms with E-state index in [4.69, 9.17) is 4.74 Å². The third kappa shape index (κ3) is 7.63. The Balaban J connectivity index is 1.67. The monoisotopic (exact) mass is 480 g/mol. The number of aromatic nitrogens is 1. The first-order valence-electron chi connectivity index (χ1n) is 11.9. The number of fused-ring (bicyclic) bond motifs is 1. The number of carbonyl (C=O) groups excluding carboxylic acids is 4. The minimum Gasteiger partial charge on any atom is -0.445 e. The van der Waals surface area contributed by atoms with E-state index < -0.39 is 35.8 Å². The third-order valence-corrected chi connectivity index (χ3v) is 5.91. The third-order valence-electron chi connectivity index (χ3n) is 5.91. The van der Waals surface area contributed by atoms with Gasteiger partial charge in [0.25, 0.3) is 5.91 Å². The molecule has 0 fully saturated rings. The van der Waals surface area contributed by atoms with Gasteiger partial charge in [0.15, 0.2) is 0 Å². The van der Waals surface area contributed by atoms with Crippen LogP contribution in [-0.2, 0) is 38.6 Å². The van der Waals surface area contributed by atoms with Gasteiger partial charge in [0, 0.05) is 18.9 Å². The fourth-order valence-electron chi connectivity index (χ4n) is 3.91. The van der Waals surface area contributed by atoms with Gasteiger partial charge < -0.3 is 20.7 Å². The molecule has 0 saturated carbocycles. The molecule has 3 rings (SSSR count). The lowest BCUT2D eigenvalue weighted by molar-refractivity contribution is -0.140. The topological polar surface area (TPSA) is 126 Å². The zero-order chi connectivity index (χ0) is 25.2. The Kier molecular flexibility index (Phi) is 9.34. The molecule has 186 valence electrons. The van der Waals surface area contributed by atoms with Crippen molar-refractivity contribution in [3.05, 3.63) is 65.5 Å². The van der Waals surface area contributed by atoms with Crippen LogP contribution < -0.4 is 16.0 Å². The summed E-state index contributed by atoms with van der Waals surface area (Å²) in [5.41, 5.74) is 2.91. The van der Waals surface area contributed by atoms with Gasteiger partial charge in [-0.25, -0.2) is 4.79 Å². The lowest BCUT2D eigenvalue weighted by Crippen LogP contribution is -2.55. The number of aryl methyl sites for hydroxylation is 2. The first-order chi connectivity index (χ1) is 16.8. The number of nitrogens with zero attached hydrogens (tertiary/aromatic N) is 1. The molecule has 35 heavy (non-hydrogen) atoms. The number of hydrogen-bond acceptors (Lipinski definition) is 6. The fourth-order valence-corrected chi connectivity index (χ4v) is 3.91. The highest BCUT2D eigenvalue weighted by Gasteiger charge is 2.32.